The molecule has 2 N–H and O–H groups in total. The Bertz CT molecular complexity index is 606. The van der Waals surface area contributed by atoms with Crippen molar-refractivity contribution in [1.82, 2.24) is 15.2 Å². The third-order valence-corrected chi connectivity index (χ3v) is 3.70. The standard InChI is InChI=1S/C14H16F3N3O3/c1-8(21)20-7-9(4-5-11(20)14(15,16)17)19-13(23)12-10(22)3-2-6-18-12/h2-3,6,9,11,22H,4-5,7H2,1H3,(H,19,23)/t9-,11+/m0/s1. The lowest BCUT2D eigenvalue weighted by molar-refractivity contribution is -0.196. The summed E-state index contributed by atoms with van der Waals surface area (Å²) in [5, 5.41) is 12.1. The predicted molar refractivity (Wildman–Crippen MR) is 73.6 cm³/mol. The van der Waals surface area contributed by atoms with Gasteiger partial charge in [-0.1, -0.05) is 0 Å². The number of pyridine rings is 1. The third-order valence-electron chi connectivity index (χ3n) is 3.70. The number of hydrogen-bond donors (Lipinski definition) is 2. The molecule has 1 aliphatic heterocycles. The average Bonchev–Trinajstić information content (AvgIpc) is 2.46. The van der Waals surface area contributed by atoms with Crippen molar-refractivity contribution in [3.8, 4) is 5.75 Å². The number of halogens is 3. The van der Waals surface area contributed by atoms with E-state index in [-0.39, 0.29) is 30.8 Å². The van der Waals surface area contributed by atoms with Crippen molar-refractivity contribution in [1.29, 1.82) is 0 Å². The second kappa shape index (κ2) is 6.43. The van der Waals surface area contributed by atoms with Crippen molar-refractivity contribution in [2.45, 2.75) is 38.0 Å². The van der Waals surface area contributed by atoms with Gasteiger partial charge in [0.25, 0.3) is 5.91 Å². The lowest BCUT2D eigenvalue weighted by atomic mass is 9.97. The van der Waals surface area contributed by atoms with E-state index in [0.717, 1.165) is 6.92 Å². The molecule has 2 rings (SSSR count). The molecule has 1 aromatic rings. The molecular formula is C14H16F3N3O3. The van der Waals surface area contributed by atoms with E-state index in [2.05, 4.69) is 10.3 Å². The van der Waals surface area contributed by atoms with E-state index in [9.17, 15) is 27.9 Å². The Morgan fingerprint density at radius 1 is 1.39 bits per heavy atom. The van der Waals surface area contributed by atoms with Gasteiger partial charge in [-0.2, -0.15) is 13.2 Å². The van der Waals surface area contributed by atoms with Crippen molar-refractivity contribution in [2.75, 3.05) is 6.54 Å². The van der Waals surface area contributed by atoms with Crippen LogP contribution in [-0.4, -0.2) is 51.6 Å². The lowest BCUT2D eigenvalue weighted by Crippen LogP contribution is -2.57. The van der Waals surface area contributed by atoms with Crippen molar-refractivity contribution in [3.63, 3.8) is 0 Å². The molecule has 0 aliphatic carbocycles. The van der Waals surface area contributed by atoms with Gasteiger partial charge >= 0.3 is 6.18 Å². The van der Waals surface area contributed by atoms with Crippen LogP contribution in [0.25, 0.3) is 0 Å². The molecule has 0 aromatic carbocycles. The van der Waals surface area contributed by atoms with Crippen LogP contribution in [0.5, 0.6) is 5.75 Å². The molecule has 6 nitrogen and oxygen atoms in total. The predicted octanol–water partition coefficient (Wildman–Crippen LogP) is 1.46. The van der Waals surface area contributed by atoms with E-state index < -0.39 is 30.1 Å². The molecule has 2 amide bonds. The van der Waals surface area contributed by atoms with Gasteiger partial charge in [0.15, 0.2) is 5.69 Å². The van der Waals surface area contributed by atoms with Crippen LogP contribution in [0.1, 0.15) is 30.3 Å². The summed E-state index contributed by atoms with van der Waals surface area (Å²) in [6.07, 6.45) is -3.40. The molecule has 1 aliphatic rings. The number of nitrogens with zero attached hydrogens (tertiary/aromatic N) is 2. The Labute approximate surface area is 130 Å². The van der Waals surface area contributed by atoms with Gasteiger partial charge in [-0.15, -0.1) is 0 Å². The fourth-order valence-electron chi connectivity index (χ4n) is 2.60. The summed E-state index contributed by atoms with van der Waals surface area (Å²) in [5.74, 6) is -1.72. The maximum Gasteiger partial charge on any atom is 0.408 e. The summed E-state index contributed by atoms with van der Waals surface area (Å²) in [6, 6.07) is 0.255. The number of amides is 2. The Balaban J connectivity index is 2.07. The molecule has 0 bridgehead atoms. The zero-order valence-corrected chi connectivity index (χ0v) is 12.3. The average molecular weight is 331 g/mol. The van der Waals surface area contributed by atoms with Gasteiger partial charge in [0.2, 0.25) is 5.91 Å². The van der Waals surface area contributed by atoms with E-state index >= 15 is 0 Å². The first-order valence-electron chi connectivity index (χ1n) is 6.99. The summed E-state index contributed by atoms with van der Waals surface area (Å²) in [7, 11) is 0. The summed E-state index contributed by atoms with van der Waals surface area (Å²) in [6.45, 7) is 0.826. The zero-order chi connectivity index (χ0) is 17.2. The van der Waals surface area contributed by atoms with Crippen molar-refractivity contribution in [2.24, 2.45) is 0 Å². The minimum atomic E-state index is -4.50. The first-order chi connectivity index (χ1) is 10.7. The second-order valence-corrected chi connectivity index (χ2v) is 5.35. The summed E-state index contributed by atoms with van der Waals surface area (Å²) >= 11 is 0. The van der Waals surface area contributed by atoms with Crippen molar-refractivity contribution in [3.05, 3.63) is 24.0 Å². The third kappa shape index (κ3) is 3.91. The molecule has 1 fully saturated rings. The monoisotopic (exact) mass is 331 g/mol. The number of alkyl halides is 3. The van der Waals surface area contributed by atoms with E-state index in [4.69, 9.17) is 0 Å². The second-order valence-electron chi connectivity index (χ2n) is 5.35. The molecule has 2 atom stereocenters. The highest BCUT2D eigenvalue weighted by Crippen LogP contribution is 2.32. The van der Waals surface area contributed by atoms with Crippen LogP contribution in [0.4, 0.5) is 13.2 Å². The van der Waals surface area contributed by atoms with Gasteiger partial charge in [-0.25, -0.2) is 4.98 Å². The first kappa shape index (κ1) is 17.0. The minimum absolute atomic E-state index is 0.0767. The molecule has 1 saturated heterocycles. The van der Waals surface area contributed by atoms with Crippen LogP contribution in [0.2, 0.25) is 0 Å². The van der Waals surface area contributed by atoms with E-state index in [0.29, 0.717) is 4.90 Å². The van der Waals surface area contributed by atoms with Crippen molar-refractivity contribution < 1.29 is 27.9 Å². The zero-order valence-electron chi connectivity index (χ0n) is 12.3. The van der Waals surface area contributed by atoms with Crippen LogP contribution < -0.4 is 5.32 Å². The van der Waals surface area contributed by atoms with Crippen LogP contribution in [0, 0.1) is 0 Å². The fourth-order valence-corrected chi connectivity index (χ4v) is 2.60. The van der Waals surface area contributed by atoms with Gasteiger partial charge in [0, 0.05) is 25.7 Å². The Kier molecular flexibility index (Phi) is 4.76. The number of aromatic nitrogens is 1. The molecule has 0 unspecified atom stereocenters. The Morgan fingerprint density at radius 2 is 2.09 bits per heavy atom. The number of carbonyl (C=O) groups excluding carboxylic acids is 2. The van der Waals surface area contributed by atoms with E-state index in [1.54, 1.807) is 0 Å². The molecule has 2 heterocycles. The van der Waals surface area contributed by atoms with E-state index in [1.165, 1.54) is 18.3 Å². The van der Waals surface area contributed by atoms with Gasteiger partial charge in [-0.05, 0) is 25.0 Å². The molecule has 0 saturated carbocycles. The maximum absolute atomic E-state index is 12.9. The first-order valence-corrected chi connectivity index (χ1v) is 6.99. The highest BCUT2D eigenvalue weighted by molar-refractivity contribution is 5.95. The van der Waals surface area contributed by atoms with Crippen LogP contribution in [-0.2, 0) is 4.79 Å². The fraction of sp³-hybridized carbons (Fsp3) is 0.500. The summed E-state index contributed by atoms with van der Waals surface area (Å²) in [4.78, 5) is 27.9. The number of aromatic hydroxyl groups is 1. The van der Waals surface area contributed by atoms with Crippen LogP contribution >= 0.6 is 0 Å². The molecule has 126 valence electrons. The van der Waals surface area contributed by atoms with Gasteiger partial charge < -0.3 is 15.3 Å². The highest BCUT2D eigenvalue weighted by Gasteiger charge is 2.47. The largest absolute Gasteiger partial charge is 0.505 e. The van der Waals surface area contributed by atoms with Gasteiger partial charge in [0.05, 0.1) is 0 Å². The quantitative estimate of drug-likeness (QED) is 0.859. The summed E-state index contributed by atoms with van der Waals surface area (Å²) < 4.78 is 38.8. The minimum Gasteiger partial charge on any atom is -0.505 e. The molecule has 9 heteroatoms. The van der Waals surface area contributed by atoms with Crippen LogP contribution in [0.3, 0.4) is 0 Å². The van der Waals surface area contributed by atoms with Crippen molar-refractivity contribution >= 4 is 11.8 Å². The molecular weight excluding hydrogens is 315 g/mol. The number of likely N-dealkylation sites (tertiary alicyclic amines) is 1. The molecule has 23 heavy (non-hydrogen) atoms. The highest BCUT2D eigenvalue weighted by atomic mass is 19.4. The van der Waals surface area contributed by atoms with Gasteiger partial charge in [0.1, 0.15) is 11.8 Å². The normalized spacial score (nSPS) is 21.8. The van der Waals surface area contributed by atoms with E-state index in [1.807, 2.05) is 0 Å². The Morgan fingerprint density at radius 3 is 2.65 bits per heavy atom. The SMILES string of the molecule is CC(=O)N1C[C@@H](NC(=O)c2ncccc2O)CC[C@@H]1C(F)(F)F. The molecule has 0 radical (unpaired) electrons. The number of rotatable bonds is 2. The number of piperidine rings is 1. The number of hydrogen-bond acceptors (Lipinski definition) is 4. The lowest BCUT2D eigenvalue weighted by Gasteiger charge is -2.40. The summed E-state index contributed by atoms with van der Waals surface area (Å²) in [5.41, 5.74) is -0.209. The number of carbonyl (C=O) groups is 2. The maximum atomic E-state index is 12.9. The molecule has 0 spiro atoms. The smallest absolute Gasteiger partial charge is 0.408 e. The van der Waals surface area contributed by atoms with Gasteiger partial charge in [-0.3, -0.25) is 9.59 Å². The molecule has 1 aromatic heterocycles. The Hall–Kier alpha value is -2.32. The topological polar surface area (TPSA) is 82.5 Å². The number of nitrogens with one attached hydrogen (secondary N) is 1. The van der Waals surface area contributed by atoms with Crippen LogP contribution in [0.15, 0.2) is 18.3 Å².